The van der Waals surface area contributed by atoms with Gasteiger partial charge < -0.3 is 9.22 Å². The Bertz CT molecular complexity index is 269. The van der Waals surface area contributed by atoms with Crippen molar-refractivity contribution in [3.05, 3.63) is 0 Å². The average Bonchev–Trinajstić information content (AvgIpc) is 2.06. The third kappa shape index (κ3) is 8.51. The predicted molar refractivity (Wildman–Crippen MR) is 76.3 cm³/mol. The second-order valence-corrected chi connectivity index (χ2v) is 8.12. The number of ether oxygens (including phenoxy) is 1. The van der Waals surface area contributed by atoms with Crippen LogP contribution in [0.2, 0.25) is 0 Å². The largest absolute Gasteiger partial charge is 0.465 e. The fraction of sp³-hybridized carbons (Fsp3) is 0.933. The summed E-state index contributed by atoms with van der Waals surface area (Å²) in [6, 6.07) is 0. The van der Waals surface area contributed by atoms with Crippen LogP contribution in [-0.2, 0) is 9.53 Å². The van der Waals surface area contributed by atoms with Gasteiger partial charge in [0.25, 0.3) is 0 Å². The van der Waals surface area contributed by atoms with E-state index in [0.29, 0.717) is 6.61 Å². The van der Waals surface area contributed by atoms with E-state index in [2.05, 4.69) is 41.9 Å². The maximum atomic E-state index is 12.0. The van der Waals surface area contributed by atoms with Gasteiger partial charge in [-0.1, -0.05) is 20.8 Å². The highest BCUT2D eigenvalue weighted by Gasteiger charge is 2.33. The quantitative estimate of drug-likeness (QED) is 0.416. The second-order valence-electron chi connectivity index (χ2n) is 8.12. The summed E-state index contributed by atoms with van der Waals surface area (Å²) in [4.78, 5) is 12.0. The topological polar surface area (TPSA) is 26.3 Å². The van der Waals surface area contributed by atoms with E-state index in [4.69, 9.17) is 4.74 Å². The van der Waals surface area contributed by atoms with Crippen LogP contribution < -0.4 is 0 Å². The van der Waals surface area contributed by atoms with Crippen LogP contribution in [0.1, 0.15) is 47.5 Å². The SMILES string of the molecule is CC(C)(C)CC(C)(C)C(=O)OCCC[N+](C)(C)C. The summed E-state index contributed by atoms with van der Waals surface area (Å²) in [5.74, 6) is -0.0705. The van der Waals surface area contributed by atoms with E-state index in [1.54, 1.807) is 0 Å². The van der Waals surface area contributed by atoms with Crippen LogP contribution in [0, 0.1) is 10.8 Å². The third-order valence-corrected chi connectivity index (χ3v) is 2.73. The van der Waals surface area contributed by atoms with E-state index in [9.17, 15) is 4.79 Å². The van der Waals surface area contributed by atoms with Crippen LogP contribution in [0.4, 0.5) is 0 Å². The lowest BCUT2D eigenvalue weighted by Crippen LogP contribution is -2.36. The van der Waals surface area contributed by atoms with Crippen LogP contribution >= 0.6 is 0 Å². The second kappa shape index (κ2) is 6.05. The van der Waals surface area contributed by atoms with Crippen LogP contribution in [0.25, 0.3) is 0 Å². The smallest absolute Gasteiger partial charge is 0.311 e. The molecule has 0 spiro atoms. The highest BCUT2D eigenvalue weighted by Crippen LogP contribution is 2.34. The van der Waals surface area contributed by atoms with Gasteiger partial charge in [0.1, 0.15) is 0 Å². The minimum absolute atomic E-state index is 0.0705. The number of rotatable bonds is 6. The fourth-order valence-corrected chi connectivity index (χ4v) is 2.30. The Balaban J connectivity index is 4.09. The van der Waals surface area contributed by atoms with Gasteiger partial charge in [0.15, 0.2) is 0 Å². The molecule has 3 heteroatoms. The van der Waals surface area contributed by atoms with Gasteiger partial charge in [-0.3, -0.25) is 4.79 Å². The number of hydrogen-bond donors (Lipinski definition) is 0. The van der Waals surface area contributed by atoms with Crippen molar-refractivity contribution in [1.82, 2.24) is 0 Å². The van der Waals surface area contributed by atoms with Gasteiger partial charge in [-0.2, -0.15) is 0 Å². The van der Waals surface area contributed by atoms with Crippen molar-refractivity contribution in [1.29, 1.82) is 0 Å². The molecule has 0 amide bonds. The lowest BCUT2D eigenvalue weighted by molar-refractivity contribution is -0.870. The molecule has 0 aromatic rings. The number of nitrogens with zero attached hydrogens (tertiary/aromatic N) is 1. The normalized spacial score (nSPS) is 13.6. The van der Waals surface area contributed by atoms with E-state index in [1.807, 2.05) is 13.8 Å². The van der Waals surface area contributed by atoms with Gasteiger partial charge >= 0.3 is 5.97 Å². The van der Waals surface area contributed by atoms with E-state index in [-0.39, 0.29) is 11.4 Å². The number of hydrogen-bond acceptors (Lipinski definition) is 2. The number of quaternary nitrogens is 1. The van der Waals surface area contributed by atoms with Gasteiger partial charge in [-0.05, 0) is 25.7 Å². The standard InChI is InChI=1S/C15H32NO2/c1-14(2,3)12-15(4,5)13(17)18-11-9-10-16(6,7)8/h9-12H2,1-8H3/q+1. The molecule has 0 aromatic carbocycles. The van der Waals surface area contributed by atoms with Crippen LogP contribution in [-0.4, -0.2) is 44.7 Å². The van der Waals surface area contributed by atoms with Gasteiger partial charge in [0.2, 0.25) is 0 Å². The number of carbonyl (C=O) groups excluding carboxylic acids is 1. The lowest BCUT2D eigenvalue weighted by Gasteiger charge is -2.30. The molecule has 0 radical (unpaired) electrons. The maximum Gasteiger partial charge on any atom is 0.311 e. The first-order valence-electron chi connectivity index (χ1n) is 6.81. The molecule has 108 valence electrons. The van der Waals surface area contributed by atoms with Crippen molar-refractivity contribution < 1.29 is 14.0 Å². The molecule has 0 aliphatic heterocycles. The Morgan fingerprint density at radius 3 is 1.94 bits per heavy atom. The van der Waals surface area contributed by atoms with Crippen LogP contribution in [0.3, 0.4) is 0 Å². The molecule has 0 aliphatic carbocycles. The zero-order valence-corrected chi connectivity index (χ0v) is 13.6. The van der Waals surface area contributed by atoms with Crippen molar-refractivity contribution >= 4 is 5.97 Å². The highest BCUT2D eigenvalue weighted by atomic mass is 16.5. The summed E-state index contributed by atoms with van der Waals surface area (Å²) in [7, 11) is 6.43. The molecular weight excluding hydrogens is 226 g/mol. The minimum Gasteiger partial charge on any atom is -0.465 e. The zero-order valence-electron chi connectivity index (χ0n) is 13.6. The van der Waals surface area contributed by atoms with E-state index < -0.39 is 5.41 Å². The number of esters is 1. The first-order chi connectivity index (χ1) is 7.83. The van der Waals surface area contributed by atoms with Crippen LogP contribution in [0.5, 0.6) is 0 Å². The molecule has 3 nitrogen and oxygen atoms in total. The van der Waals surface area contributed by atoms with Crippen molar-refractivity contribution in [3.63, 3.8) is 0 Å². The summed E-state index contributed by atoms with van der Waals surface area (Å²) < 4.78 is 6.30. The van der Waals surface area contributed by atoms with Gasteiger partial charge in [-0.15, -0.1) is 0 Å². The molecular formula is C15H32NO2+. The molecule has 0 N–H and O–H groups in total. The summed E-state index contributed by atoms with van der Waals surface area (Å²) in [5, 5.41) is 0. The average molecular weight is 258 g/mol. The van der Waals surface area contributed by atoms with Gasteiger partial charge in [0, 0.05) is 6.42 Å². The Hall–Kier alpha value is -0.570. The number of carbonyl (C=O) groups is 1. The molecule has 0 atom stereocenters. The molecule has 0 saturated carbocycles. The van der Waals surface area contributed by atoms with E-state index >= 15 is 0 Å². The maximum absolute atomic E-state index is 12.0. The molecule has 0 fully saturated rings. The molecule has 0 bridgehead atoms. The molecule has 0 saturated heterocycles. The van der Waals surface area contributed by atoms with Crippen molar-refractivity contribution in [2.75, 3.05) is 34.3 Å². The van der Waals surface area contributed by atoms with Crippen molar-refractivity contribution in [2.45, 2.75) is 47.5 Å². The Labute approximate surface area is 113 Å². The van der Waals surface area contributed by atoms with E-state index in [1.165, 1.54) is 0 Å². The predicted octanol–water partition coefficient (Wildman–Crippen LogP) is 3.09. The molecule has 0 unspecified atom stereocenters. The first kappa shape index (κ1) is 17.4. The van der Waals surface area contributed by atoms with E-state index in [0.717, 1.165) is 23.9 Å². The summed E-state index contributed by atoms with van der Waals surface area (Å²) in [6.45, 7) is 12.0. The third-order valence-electron chi connectivity index (χ3n) is 2.73. The molecule has 0 aromatic heterocycles. The minimum atomic E-state index is -0.394. The zero-order chi connectivity index (χ0) is 14.6. The Kier molecular flexibility index (Phi) is 5.86. The monoisotopic (exact) mass is 258 g/mol. The Morgan fingerprint density at radius 2 is 1.56 bits per heavy atom. The van der Waals surface area contributed by atoms with Crippen molar-refractivity contribution in [3.8, 4) is 0 Å². The molecule has 0 rings (SSSR count). The van der Waals surface area contributed by atoms with Gasteiger partial charge in [0.05, 0.1) is 39.7 Å². The first-order valence-corrected chi connectivity index (χ1v) is 6.81. The molecule has 18 heavy (non-hydrogen) atoms. The molecule has 0 aliphatic rings. The molecule has 0 heterocycles. The lowest BCUT2D eigenvalue weighted by atomic mass is 9.76. The summed E-state index contributed by atoms with van der Waals surface area (Å²) >= 11 is 0. The summed E-state index contributed by atoms with van der Waals surface area (Å²) in [6.07, 6.45) is 1.76. The van der Waals surface area contributed by atoms with Gasteiger partial charge in [-0.25, -0.2) is 0 Å². The van der Waals surface area contributed by atoms with Crippen molar-refractivity contribution in [2.24, 2.45) is 10.8 Å². The fourth-order valence-electron chi connectivity index (χ4n) is 2.30. The summed E-state index contributed by atoms with van der Waals surface area (Å²) in [5.41, 5.74) is -0.250. The Morgan fingerprint density at radius 1 is 1.06 bits per heavy atom. The van der Waals surface area contributed by atoms with Crippen LogP contribution in [0.15, 0.2) is 0 Å². The highest BCUT2D eigenvalue weighted by molar-refractivity contribution is 5.75.